The van der Waals surface area contributed by atoms with Crippen molar-refractivity contribution in [1.29, 1.82) is 0 Å². The minimum absolute atomic E-state index is 0.446. The highest BCUT2D eigenvalue weighted by atomic mass is 15.2. The predicted molar refractivity (Wildman–Crippen MR) is 83.9 cm³/mol. The van der Waals surface area contributed by atoms with Gasteiger partial charge in [0.15, 0.2) is 5.96 Å². The molecule has 0 radical (unpaired) electrons. The molecule has 0 aromatic carbocycles. The number of nitrogens with one attached hydrogen (secondary N) is 1. The number of anilines is 1. The third-order valence-electron chi connectivity index (χ3n) is 3.29. The summed E-state index contributed by atoms with van der Waals surface area (Å²) in [6, 6.07) is 4.17. The summed E-state index contributed by atoms with van der Waals surface area (Å²) in [5.74, 6) is 1.51. The molecule has 0 saturated carbocycles. The van der Waals surface area contributed by atoms with Crippen molar-refractivity contribution in [3.8, 4) is 0 Å². The second kappa shape index (κ2) is 6.93. The molecule has 5 nitrogen and oxygen atoms in total. The van der Waals surface area contributed by atoms with Gasteiger partial charge in [-0.25, -0.2) is 9.98 Å². The van der Waals surface area contributed by atoms with Crippen LogP contribution in [0.1, 0.15) is 24.1 Å². The van der Waals surface area contributed by atoms with Gasteiger partial charge in [-0.15, -0.1) is 6.58 Å². The van der Waals surface area contributed by atoms with Crippen molar-refractivity contribution < 1.29 is 0 Å². The van der Waals surface area contributed by atoms with Crippen LogP contribution in [0.3, 0.4) is 0 Å². The molecule has 108 valence electrons. The Morgan fingerprint density at radius 3 is 2.95 bits per heavy atom. The Balaban J connectivity index is 2.05. The minimum Gasteiger partial charge on any atom is -0.370 e. The molecule has 0 aliphatic carbocycles. The van der Waals surface area contributed by atoms with Gasteiger partial charge < -0.3 is 16.0 Å². The Labute approximate surface area is 120 Å². The lowest BCUT2D eigenvalue weighted by molar-refractivity contribution is 0.914. The summed E-state index contributed by atoms with van der Waals surface area (Å²) in [7, 11) is 0. The van der Waals surface area contributed by atoms with E-state index < -0.39 is 0 Å². The van der Waals surface area contributed by atoms with E-state index in [1.165, 1.54) is 12.8 Å². The van der Waals surface area contributed by atoms with Crippen molar-refractivity contribution in [1.82, 2.24) is 10.3 Å². The van der Waals surface area contributed by atoms with Crippen LogP contribution in [0.2, 0.25) is 0 Å². The van der Waals surface area contributed by atoms with E-state index in [0.717, 1.165) is 30.2 Å². The van der Waals surface area contributed by atoms with E-state index in [0.29, 0.717) is 19.0 Å². The van der Waals surface area contributed by atoms with Crippen LogP contribution in [-0.4, -0.2) is 30.6 Å². The van der Waals surface area contributed by atoms with Gasteiger partial charge in [-0.2, -0.15) is 0 Å². The third kappa shape index (κ3) is 3.98. The second-order valence-corrected chi connectivity index (χ2v) is 5.04. The number of hydrogen-bond acceptors (Lipinski definition) is 3. The SMILES string of the molecule is C=CCNC(N)=NCc1cc(C)nc(N2CCCC2)c1. The number of aryl methyl sites for hydroxylation is 1. The molecule has 0 spiro atoms. The van der Waals surface area contributed by atoms with Gasteiger partial charge in [-0.3, -0.25) is 0 Å². The molecule has 5 heteroatoms. The molecule has 0 atom stereocenters. The van der Waals surface area contributed by atoms with Crippen molar-refractivity contribution in [2.75, 3.05) is 24.5 Å². The predicted octanol–water partition coefficient (Wildman–Crippen LogP) is 1.58. The molecule has 2 rings (SSSR count). The van der Waals surface area contributed by atoms with Gasteiger partial charge in [0, 0.05) is 25.3 Å². The Morgan fingerprint density at radius 2 is 2.25 bits per heavy atom. The minimum atomic E-state index is 0.446. The maximum atomic E-state index is 5.77. The number of pyridine rings is 1. The molecule has 1 saturated heterocycles. The monoisotopic (exact) mass is 273 g/mol. The molecule has 1 aromatic heterocycles. The number of aromatic nitrogens is 1. The van der Waals surface area contributed by atoms with Crippen molar-refractivity contribution in [3.05, 3.63) is 36.0 Å². The summed E-state index contributed by atoms with van der Waals surface area (Å²) in [6.07, 6.45) is 4.26. The molecule has 0 amide bonds. The largest absolute Gasteiger partial charge is 0.370 e. The lowest BCUT2D eigenvalue weighted by Crippen LogP contribution is -2.31. The zero-order valence-electron chi connectivity index (χ0n) is 12.1. The Kier molecular flexibility index (Phi) is 4.98. The highest BCUT2D eigenvalue weighted by molar-refractivity contribution is 5.77. The smallest absolute Gasteiger partial charge is 0.189 e. The highest BCUT2D eigenvalue weighted by Gasteiger charge is 2.14. The molecule has 20 heavy (non-hydrogen) atoms. The molecule has 0 bridgehead atoms. The van der Waals surface area contributed by atoms with Crippen LogP contribution in [0.15, 0.2) is 29.8 Å². The molecule has 1 aliphatic rings. The number of hydrogen-bond donors (Lipinski definition) is 2. The van der Waals surface area contributed by atoms with Gasteiger partial charge in [-0.05, 0) is 37.5 Å². The zero-order chi connectivity index (χ0) is 14.4. The van der Waals surface area contributed by atoms with E-state index in [2.05, 4.69) is 38.9 Å². The van der Waals surface area contributed by atoms with Crippen molar-refractivity contribution in [3.63, 3.8) is 0 Å². The molecular formula is C15H23N5. The van der Waals surface area contributed by atoms with Gasteiger partial charge >= 0.3 is 0 Å². The van der Waals surface area contributed by atoms with Gasteiger partial charge in [0.1, 0.15) is 5.82 Å². The Bertz CT molecular complexity index is 489. The normalized spacial score (nSPS) is 15.4. The molecule has 1 fully saturated rings. The molecule has 2 heterocycles. The number of nitrogens with zero attached hydrogens (tertiary/aromatic N) is 3. The molecule has 3 N–H and O–H groups in total. The van der Waals surface area contributed by atoms with Crippen LogP contribution >= 0.6 is 0 Å². The van der Waals surface area contributed by atoms with Gasteiger partial charge in [0.25, 0.3) is 0 Å². The summed E-state index contributed by atoms with van der Waals surface area (Å²) in [5.41, 5.74) is 7.94. The van der Waals surface area contributed by atoms with E-state index in [-0.39, 0.29) is 0 Å². The summed E-state index contributed by atoms with van der Waals surface area (Å²) in [6.45, 7) is 9.05. The topological polar surface area (TPSA) is 66.5 Å². The van der Waals surface area contributed by atoms with E-state index in [4.69, 9.17) is 5.73 Å². The molecule has 1 aliphatic heterocycles. The maximum absolute atomic E-state index is 5.77. The first-order valence-electron chi connectivity index (χ1n) is 7.06. The van der Waals surface area contributed by atoms with E-state index in [9.17, 15) is 0 Å². The molecule has 0 unspecified atom stereocenters. The van der Waals surface area contributed by atoms with E-state index in [1.807, 2.05) is 6.92 Å². The quantitative estimate of drug-likeness (QED) is 0.485. The fraction of sp³-hybridized carbons (Fsp3) is 0.467. The summed E-state index contributed by atoms with van der Waals surface area (Å²) in [5, 5.41) is 2.97. The maximum Gasteiger partial charge on any atom is 0.189 e. The van der Waals surface area contributed by atoms with Crippen LogP contribution in [-0.2, 0) is 6.54 Å². The van der Waals surface area contributed by atoms with Gasteiger partial charge in [-0.1, -0.05) is 6.08 Å². The van der Waals surface area contributed by atoms with Gasteiger partial charge in [0.2, 0.25) is 0 Å². The van der Waals surface area contributed by atoms with E-state index >= 15 is 0 Å². The average molecular weight is 273 g/mol. The first-order valence-corrected chi connectivity index (χ1v) is 7.06. The lowest BCUT2D eigenvalue weighted by Gasteiger charge is -2.17. The Hall–Kier alpha value is -2.04. The van der Waals surface area contributed by atoms with Crippen LogP contribution in [0.5, 0.6) is 0 Å². The van der Waals surface area contributed by atoms with Crippen LogP contribution in [0.4, 0.5) is 5.82 Å². The number of rotatable bonds is 5. The van der Waals surface area contributed by atoms with Crippen LogP contribution < -0.4 is 16.0 Å². The molecule has 1 aromatic rings. The summed E-state index contributed by atoms with van der Waals surface area (Å²) in [4.78, 5) is 11.3. The number of nitrogens with two attached hydrogens (primary N) is 1. The average Bonchev–Trinajstić information content (AvgIpc) is 2.96. The molecular weight excluding hydrogens is 250 g/mol. The lowest BCUT2D eigenvalue weighted by atomic mass is 10.2. The second-order valence-electron chi connectivity index (χ2n) is 5.04. The number of aliphatic imine (C=N–C) groups is 1. The highest BCUT2D eigenvalue weighted by Crippen LogP contribution is 2.20. The summed E-state index contributed by atoms with van der Waals surface area (Å²) >= 11 is 0. The number of guanidine groups is 1. The fourth-order valence-electron chi connectivity index (χ4n) is 2.33. The van der Waals surface area contributed by atoms with Gasteiger partial charge in [0.05, 0.1) is 6.54 Å². The van der Waals surface area contributed by atoms with Crippen molar-refractivity contribution >= 4 is 11.8 Å². The Morgan fingerprint density at radius 1 is 1.50 bits per heavy atom. The first-order chi connectivity index (χ1) is 9.69. The van der Waals surface area contributed by atoms with Crippen LogP contribution in [0.25, 0.3) is 0 Å². The van der Waals surface area contributed by atoms with E-state index in [1.54, 1.807) is 6.08 Å². The first kappa shape index (κ1) is 14.4. The van der Waals surface area contributed by atoms with Crippen LogP contribution in [0, 0.1) is 6.92 Å². The standard InChI is InChI=1S/C15H23N5/c1-3-6-17-15(16)18-11-13-9-12(2)19-14(10-13)20-7-4-5-8-20/h3,9-10H,1,4-8,11H2,2H3,(H3,16,17,18). The summed E-state index contributed by atoms with van der Waals surface area (Å²) < 4.78 is 0. The fourth-order valence-corrected chi connectivity index (χ4v) is 2.33. The zero-order valence-corrected chi connectivity index (χ0v) is 12.1. The van der Waals surface area contributed by atoms with Crippen molar-refractivity contribution in [2.45, 2.75) is 26.3 Å². The van der Waals surface area contributed by atoms with Crippen molar-refractivity contribution in [2.24, 2.45) is 10.7 Å². The third-order valence-corrected chi connectivity index (χ3v) is 3.29.